The average molecular weight is 541 g/mol. The number of anilines is 1. The van der Waals surface area contributed by atoms with Crippen molar-refractivity contribution in [3.05, 3.63) is 46.3 Å². The number of carbonyl (C=O) groups is 1. The molecule has 2 aliphatic heterocycles. The third kappa shape index (κ3) is 5.69. The number of benzene rings is 2. The number of amidine groups is 1. The minimum atomic E-state index is -0.506. The standard InChI is InChI=1S/C30H41FN4O4/c1-8-38-24-16-20-17-35(29(32-6)25(20)26(31)28(24)39-9-2)18-23(36)19-14-21(30(3,4)5)27(37-7)22(15-19)34-12-10-33-11-13-34/h14-16,33H,8-13,17-18H2,1-7H3/b32-29-. The Bertz CT molecular complexity index is 1250. The molecule has 0 amide bonds. The number of ether oxygens (including phenoxy) is 3. The first-order chi connectivity index (χ1) is 18.6. The predicted octanol–water partition coefficient (Wildman–Crippen LogP) is 4.41. The number of halogens is 1. The molecule has 0 radical (unpaired) electrons. The molecular weight excluding hydrogens is 499 g/mol. The Kier molecular flexibility index (Phi) is 8.69. The molecule has 0 spiro atoms. The largest absolute Gasteiger partial charge is 0.494 e. The first-order valence-corrected chi connectivity index (χ1v) is 13.7. The molecule has 2 aliphatic rings. The Hall–Kier alpha value is -3.33. The van der Waals surface area contributed by atoms with Crippen LogP contribution in [0.2, 0.25) is 0 Å². The van der Waals surface area contributed by atoms with Crippen LogP contribution in [0.15, 0.2) is 23.2 Å². The van der Waals surface area contributed by atoms with Gasteiger partial charge in [-0.15, -0.1) is 0 Å². The predicted molar refractivity (Wildman–Crippen MR) is 153 cm³/mol. The summed E-state index contributed by atoms with van der Waals surface area (Å²) in [4.78, 5) is 22.3. The Labute approximate surface area is 231 Å². The highest BCUT2D eigenvalue weighted by molar-refractivity contribution is 6.07. The molecule has 212 valence electrons. The second kappa shape index (κ2) is 11.8. The summed E-state index contributed by atoms with van der Waals surface area (Å²) in [5, 5.41) is 3.38. The number of hydrogen-bond acceptors (Lipinski definition) is 7. The molecule has 2 heterocycles. The van der Waals surface area contributed by atoms with Gasteiger partial charge in [0, 0.05) is 50.9 Å². The summed E-state index contributed by atoms with van der Waals surface area (Å²) < 4.78 is 32.9. The molecule has 2 aromatic rings. The first-order valence-electron chi connectivity index (χ1n) is 13.7. The molecule has 2 aromatic carbocycles. The van der Waals surface area contributed by atoms with Crippen molar-refractivity contribution in [1.29, 1.82) is 0 Å². The highest BCUT2D eigenvalue weighted by Gasteiger charge is 2.34. The van der Waals surface area contributed by atoms with Gasteiger partial charge in [0.05, 0.1) is 38.1 Å². The third-order valence-corrected chi connectivity index (χ3v) is 7.15. The van der Waals surface area contributed by atoms with Gasteiger partial charge >= 0.3 is 0 Å². The molecule has 9 heteroatoms. The number of piperazine rings is 1. The highest BCUT2D eigenvalue weighted by atomic mass is 19.1. The summed E-state index contributed by atoms with van der Waals surface area (Å²) >= 11 is 0. The minimum Gasteiger partial charge on any atom is -0.494 e. The summed E-state index contributed by atoms with van der Waals surface area (Å²) in [5.41, 5.74) is 3.36. The lowest BCUT2D eigenvalue weighted by atomic mass is 9.84. The second-order valence-corrected chi connectivity index (χ2v) is 10.8. The molecule has 0 unspecified atom stereocenters. The van der Waals surface area contributed by atoms with Crippen LogP contribution >= 0.6 is 0 Å². The fourth-order valence-electron chi connectivity index (χ4n) is 5.34. The van der Waals surface area contributed by atoms with Crippen LogP contribution in [0.3, 0.4) is 0 Å². The van der Waals surface area contributed by atoms with Crippen LogP contribution in [0.1, 0.15) is 61.7 Å². The van der Waals surface area contributed by atoms with E-state index in [1.807, 2.05) is 24.0 Å². The van der Waals surface area contributed by atoms with Crippen LogP contribution in [0.4, 0.5) is 10.1 Å². The zero-order chi connectivity index (χ0) is 28.3. The number of hydrogen-bond donors (Lipinski definition) is 1. The fraction of sp³-hybridized carbons (Fsp3) is 0.533. The summed E-state index contributed by atoms with van der Waals surface area (Å²) in [6, 6.07) is 5.69. The summed E-state index contributed by atoms with van der Waals surface area (Å²) in [6.45, 7) is 14.5. The van der Waals surface area contributed by atoms with Gasteiger partial charge in [-0.3, -0.25) is 9.79 Å². The van der Waals surface area contributed by atoms with Crippen LogP contribution in [0.5, 0.6) is 17.2 Å². The monoisotopic (exact) mass is 540 g/mol. The smallest absolute Gasteiger partial charge is 0.197 e. The molecule has 0 saturated carbocycles. The first kappa shape index (κ1) is 28.7. The van der Waals surface area contributed by atoms with Crippen molar-refractivity contribution in [3.63, 3.8) is 0 Å². The SMILES string of the molecule is CCOc1cc2c(c(F)c1OCC)/C(=N/C)N(CC(=O)c1cc(N3CCNCC3)c(OC)c(C(C)(C)C)c1)C2. The van der Waals surface area contributed by atoms with Crippen LogP contribution in [-0.4, -0.2) is 76.6 Å². The van der Waals surface area contributed by atoms with E-state index in [0.717, 1.165) is 48.7 Å². The topological polar surface area (TPSA) is 75.6 Å². The molecule has 39 heavy (non-hydrogen) atoms. The Morgan fingerprint density at radius 2 is 1.77 bits per heavy atom. The molecule has 1 N–H and O–H groups in total. The van der Waals surface area contributed by atoms with Crippen molar-refractivity contribution >= 4 is 17.3 Å². The van der Waals surface area contributed by atoms with Gasteiger partial charge in [0.1, 0.15) is 11.6 Å². The molecule has 1 fully saturated rings. The number of aliphatic imine (C=N–C) groups is 1. The van der Waals surface area contributed by atoms with Crippen LogP contribution in [-0.2, 0) is 12.0 Å². The van der Waals surface area contributed by atoms with Crippen molar-refractivity contribution in [1.82, 2.24) is 10.2 Å². The van der Waals surface area contributed by atoms with Crippen molar-refractivity contribution in [2.75, 3.05) is 65.0 Å². The molecule has 0 atom stereocenters. The molecule has 0 aliphatic carbocycles. The van der Waals surface area contributed by atoms with Crippen molar-refractivity contribution in [2.45, 2.75) is 46.6 Å². The lowest BCUT2D eigenvalue weighted by Crippen LogP contribution is -2.44. The number of nitrogens with zero attached hydrogens (tertiary/aromatic N) is 3. The number of nitrogens with one attached hydrogen (secondary N) is 1. The summed E-state index contributed by atoms with van der Waals surface area (Å²) in [7, 11) is 3.30. The van der Waals surface area contributed by atoms with E-state index in [2.05, 4.69) is 36.0 Å². The van der Waals surface area contributed by atoms with Gasteiger partial charge in [0.2, 0.25) is 0 Å². The molecule has 0 bridgehead atoms. The van der Waals surface area contributed by atoms with Gasteiger partial charge in [-0.25, -0.2) is 4.39 Å². The highest BCUT2D eigenvalue weighted by Crippen LogP contribution is 2.42. The Morgan fingerprint density at radius 1 is 1.08 bits per heavy atom. The van der Waals surface area contributed by atoms with E-state index in [9.17, 15) is 4.79 Å². The maximum Gasteiger partial charge on any atom is 0.197 e. The molecule has 8 nitrogen and oxygen atoms in total. The normalized spacial score (nSPS) is 16.5. The number of fused-ring (bicyclic) bond motifs is 1. The molecular formula is C30H41FN4O4. The number of rotatable bonds is 9. The van der Waals surface area contributed by atoms with E-state index in [4.69, 9.17) is 14.2 Å². The Morgan fingerprint density at radius 3 is 2.36 bits per heavy atom. The lowest BCUT2D eigenvalue weighted by Gasteiger charge is -2.33. The minimum absolute atomic E-state index is 0.0611. The third-order valence-electron chi connectivity index (χ3n) is 7.15. The number of ketones is 1. The van der Waals surface area contributed by atoms with E-state index in [-0.39, 0.29) is 23.5 Å². The second-order valence-electron chi connectivity index (χ2n) is 10.8. The van der Waals surface area contributed by atoms with Gasteiger partial charge in [-0.2, -0.15) is 0 Å². The maximum atomic E-state index is 15.7. The van der Waals surface area contributed by atoms with Gasteiger partial charge in [0.15, 0.2) is 23.1 Å². The molecule has 1 saturated heterocycles. The fourth-order valence-corrected chi connectivity index (χ4v) is 5.34. The summed E-state index contributed by atoms with van der Waals surface area (Å²) in [6.07, 6.45) is 0. The lowest BCUT2D eigenvalue weighted by molar-refractivity contribution is 0.0962. The van der Waals surface area contributed by atoms with E-state index in [1.54, 1.807) is 27.1 Å². The average Bonchev–Trinajstić information content (AvgIpc) is 3.27. The van der Waals surface area contributed by atoms with Crippen LogP contribution < -0.4 is 24.4 Å². The van der Waals surface area contributed by atoms with Crippen molar-refractivity contribution < 1.29 is 23.4 Å². The van der Waals surface area contributed by atoms with Crippen LogP contribution in [0.25, 0.3) is 0 Å². The zero-order valence-corrected chi connectivity index (χ0v) is 24.2. The Balaban J connectivity index is 1.70. The van der Waals surface area contributed by atoms with E-state index in [1.165, 1.54) is 0 Å². The number of Topliss-reactive ketones (excluding diaryl/α,β-unsaturated/α-hetero) is 1. The van der Waals surface area contributed by atoms with Crippen molar-refractivity contribution in [3.8, 4) is 17.2 Å². The number of carbonyl (C=O) groups excluding carboxylic acids is 1. The molecule has 4 rings (SSSR count). The molecule has 0 aromatic heterocycles. The van der Waals surface area contributed by atoms with Gasteiger partial charge in [-0.1, -0.05) is 20.8 Å². The van der Waals surface area contributed by atoms with Crippen LogP contribution in [0, 0.1) is 5.82 Å². The van der Waals surface area contributed by atoms with Gasteiger partial charge < -0.3 is 29.3 Å². The van der Waals surface area contributed by atoms with Crippen molar-refractivity contribution in [2.24, 2.45) is 4.99 Å². The zero-order valence-electron chi connectivity index (χ0n) is 24.2. The van der Waals surface area contributed by atoms with E-state index in [0.29, 0.717) is 42.5 Å². The van der Waals surface area contributed by atoms with Gasteiger partial charge in [-0.05, 0) is 43.0 Å². The maximum absolute atomic E-state index is 15.7. The van der Waals surface area contributed by atoms with E-state index >= 15 is 4.39 Å². The number of methoxy groups -OCH3 is 1. The summed E-state index contributed by atoms with van der Waals surface area (Å²) in [5.74, 6) is 1.12. The van der Waals surface area contributed by atoms with Gasteiger partial charge in [0.25, 0.3) is 0 Å². The quantitative estimate of drug-likeness (QED) is 0.472. The van der Waals surface area contributed by atoms with E-state index < -0.39 is 5.82 Å².